The van der Waals surface area contributed by atoms with Crippen molar-refractivity contribution in [2.75, 3.05) is 0 Å². The van der Waals surface area contributed by atoms with Crippen LogP contribution in [0.25, 0.3) is 0 Å². The van der Waals surface area contributed by atoms with Crippen LogP contribution < -0.4 is 4.67 Å². The molecule has 0 saturated carbocycles. The second-order valence-electron chi connectivity index (χ2n) is 2.85. The number of halogens is 2. The standard InChI is InChI=1S/C8H3BrClN3O2S2/c9-5-3-4(13(14)15)1-2-6(5)11-8-7(10)12-17-16-8/h1-3H. The van der Waals surface area contributed by atoms with Crippen molar-refractivity contribution < 1.29 is 4.92 Å². The summed E-state index contributed by atoms with van der Waals surface area (Å²) in [5.74, 6) is 0. The van der Waals surface area contributed by atoms with Crippen LogP contribution in [0.15, 0.2) is 27.7 Å². The molecule has 0 aliphatic rings. The lowest BCUT2D eigenvalue weighted by molar-refractivity contribution is -0.384. The summed E-state index contributed by atoms with van der Waals surface area (Å²) in [6, 6.07) is 4.35. The molecular weight excluding hydrogens is 350 g/mol. The van der Waals surface area contributed by atoms with Gasteiger partial charge in [0.25, 0.3) is 5.69 Å². The zero-order valence-corrected chi connectivity index (χ0v) is 11.9. The van der Waals surface area contributed by atoms with E-state index in [1.807, 2.05) is 0 Å². The Morgan fingerprint density at radius 3 is 2.82 bits per heavy atom. The van der Waals surface area contributed by atoms with Crippen molar-refractivity contribution >= 4 is 59.8 Å². The van der Waals surface area contributed by atoms with Crippen molar-refractivity contribution in [3.8, 4) is 0 Å². The third-order valence-electron chi connectivity index (χ3n) is 1.77. The summed E-state index contributed by atoms with van der Waals surface area (Å²) in [7, 11) is 2.58. The van der Waals surface area contributed by atoms with Crippen LogP contribution in [-0.4, -0.2) is 9.30 Å². The van der Waals surface area contributed by atoms with E-state index in [2.05, 4.69) is 25.3 Å². The van der Waals surface area contributed by atoms with E-state index in [-0.39, 0.29) is 5.69 Å². The zero-order valence-electron chi connectivity index (χ0n) is 7.96. The van der Waals surface area contributed by atoms with Gasteiger partial charge in [-0.25, -0.2) is 4.99 Å². The molecule has 0 aliphatic carbocycles. The highest BCUT2D eigenvalue weighted by Crippen LogP contribution is 2.29. The minimum atomic E-state index is -0.462. The summed E-state index contributed by atoms with van der Waals surface area (Å²) in [5.41, 5.74) is 0.586. The van der Waals surface area contributed by atoms with Crippen molar-refractivity contribution in [3.05, 3.63) is 42.6 Å². The molecule has 1 heterocycles. The van der Waals surface area contributed by atoms with Gasteiger partial charge in [-0.3, -0.25) is 10.1 Å². The van der Waals surface area contributed by atoms with Gasteiger partial charge in [0.2, 0.25) is 0 Å². The molecule has 1 aromatic carbocycles. The quantitative estimate of drug-likeness (QED) is 0.469. The van der Waals surface area contributed by atoms with Crippen LogP contribution in [-0.2, 0) is 0 Å². The van der Waals surface area contributed by atoms with Gasteiger partial charge in [-0.1, -0.05) is 11.6 Å². The van der Waals surface area contributed by atoms with Crippen LogP contribution in [0.4, 0.5) is 11.4 Å². The Kier molecular flexibility index (Phi) is 3.87. The maximum Gasteiger partial charge on any atom is 0.270 e. The third kappa shape index (κ3) is 2.89. The summed E-state index contributed by atoms with van der Waals surface area (Å²) in [5, 5.41) is 10.9. The highest BCUT2D eigenvalue weighted by molar-refractivity contribution is 9.10. The molecule has 0 unspecified atom stereocenters. The molecular formula is C8H3BrClN3O2S2. The molecule has 2 rings (SSSR count). The van der Waals surface area contributed by atoms with E-state index in [9.17, 15) is 10.1 Å². The summed E-state index contributed by atoms with van der Waals surface area (Å²) in [6.45, 7) is 0. The Morgan fingerprint density at radius 1 is 1.53 bits per heavy atom. The van der Waals surface area contributed by atoms with E-state index >= 15 is 0 Å². The Balaban J connectivity index is 2.49. The molecule has 0 amide bonds. The van der Waals surface area contributed by atoms with Crippen LogP contribution in [0.5, 0.6) is 0 Å². The molecule has 0 N–H and O–H groups in total. The van der Waals surface area contributed by atoms with Gasteiger partial charge < -0.3 is 0 Å². The Hall–Kier alpha value is -0.830. The fraction of sp³-hybridized carbons (Fsp3) is 0. The van der Waals surface area contributed by atoms with Gasteiger partial charge in [-0.15, -0.1) is 0 Å². The molecule has 0 atom stereocenters. The molecule has 1 aromatic heterocycles. The molecule has 9 heteroatoms. The van der Waals surface area contributed by atoms with E-state index in [1.54, 1.807) is 6.07 Å². The normalized spacial score (nSPS) is 11.8. The summed E-state index contributed by atoms with van der Waals surface area (Å²) in [4.78, 5) is 14.4. The molecule has 0 saturated heterocycles. The smallest absolute Gasteiger partial charge is 0.258 e. The van der Waals surface area contributed by atoms with Gasteiger partial charge >= 0.3 is 0 Å². The summed E-state index contributed by atoms with van der Waals surface area (Å²) in [6.07, 6.45) is 0. The minimum Gasteiger partial charge on any atom is -0.258 e. The number of hydrogen-bond donors (Lipinski definition) is 0. The zero-order chi connectivity index (χ0) is 12.4. The predicted octanol–water partition coefficient (Wildman–Crippen LogP) is 3.76. The number of nitro benzene ring substituents is 1. The number of nitro groups is 1. The highest BCUT2D eigenvalue weighted by Gasteiger charge is 2.08. The van der Waals surface area contributed by atoms with Gasteiger partial charge in [-0.05, 0) is 32.3 Å². The van der Waals surface area contributed by atoms with E-state index in [1.165, 1.54) is 33.0 Å². The van der Waals surface area contributed by atoms with Crippen LogP contribution in [0, 0.1) is 10.1 Å². The van der Waals surface area contributed by atoms with E-state index < -0.39 is 4.92 Å². The lowest BCUT2D eigenvalue weighted by Gasteiger charge is -1.97. The molecule has 88 valence electrons. The van der Waals surface area contributed by atoms with E-state index in [0.29, 0.717) is 20.0 Å². The molecule has 0 spiro atoms. The first-order valence-corrected chi connectivity index (χ1v) is 7.46. The monoisotopic (exact) mass is 351 g/mol. The van der Waals surface area contributed by atoms with Crippen LogP contribution in [0.3, 0.4) is 0 Å². The maximum absolute atomic E-state index is 10.6. The lowest BCUT2D eigenvalue weighted by atomic mass is 10.3. The summed E-state index contributed by atoms with van der Waals surface area (Å²) < 4.78 is 5.03. The Bertz CT molecular complexity index is 640. The van der Waals surface area contributed by atoms with Crippen LogP contribution in [0.1, 0.15) is 0 Å². The first kappa shape index (κ1) is 12.6. The second kappa shape index (κ2) is 5.21. The molecule has 0 bridgehead atoms. The highest BCUT2D eigenvalue weighted by atomic mass is 79.9. The number of nitrogens with zero attached hydrogens (tertiary/aromatic N) is 3. The van der Waals surface area contributed by atoms with Crippen molar-refractivity contribution in [2.24, 2.45) is 4.99 Å². The predicted molar refractivity (Wildman–Crippen MR) is 71.0 cm³/mol. The molecule has 17 heavy (non-hydrogen) atoms. The number of rotatable bonds is 2. The maximum atomic E-state index is 10.6. The van der Waals surface area contributed by atoms with Crippen molar-refractivity contribution in [1.82, 2.24) is 4.37 Å². The average Bonchev–Trinajstić information content (AvgIpc) is 2.67. The van der Waals surface area contributed by atoms with Gasteiger partial charge in [0.1, 0.15) is 0 Å². The lowest BCUT2D eigenvalue weighted by Crippen LogP contribution is -1.93. The Labute approximate surface area is 116 Å². The average molecular weight is 353 g/mol. The van der Waals surface area contributed by atoms with Gasteiger partial charge in [0.15, 0.2) is 9.82 Å². The van der Waals surface area contributed by atoms with Crippen LogP contribution >= 0.6 is 48.4 Å². The van der Waals surface area contributed by atoms with Crippen molar-refractivity contribution in [3.63, 3.8) is 0 Å². The van der Waals surface area contributed by atoms with Crippen LogP contribution in [0.2, 0.25) is 5.15 Å². The fourth-order valence-electron chi connectivity index (χ4n) is 1.03. The number of hydrogen-bond acceptors (Lipinski definition) is 6. The molecule has 2 aromatic rings. The topological polar surface area (TPSA) is 68.4 Å². The first-order valence-electron chi connectivity index (χ1n) is 4.18. The first-order chi connectivity index (χ1) is 8.08. The third-order valence-corrected chi connectivity index (χ3v) is 4.58. The van der Waals surface area contributed by atoms with Crippen molar-refractivity contribution in [1.29, 1.82) is 0 Å². The second-order valence-corrected chi connectivity index (χ2v) is 5.89. The fourth-order valence-corrected chi connectivity index (χ4v) is 3.47. The summed E-state index contributed by atoms with van der Waals surface area (Å²) >= 11 is 9.05. The number of non-ortho nitro benzene ring substituents is 1. The molecule has 0 aliphatic heterocycles. The van der Waals surface area contributed by atoms with Crippen molar-refractivity contribution in [2.45, 2.75) is 0 Å². The van der Waals surface area contributed by atoms with E-state index in [4.69, 9.17) is 11.6 Å². The van der Waals surface area contributed by atoms with Gasteiger partial charge in [-0.2, -0.15) is 4.37 Å². The van der Waals surface area contributed by atoms with Gasteiger partial charge in [0.05, 0.1) is 15.1 Å². The number of benzene rings is 1. The largest absolute Gasteiger partial charge is 0.270 e. The van der Waals surface area contributed by atoms with Gasteiger partial charge in [0, 0.05) is 22.7 Å². The molecule has 0 fully saturated rings. The Morgan fingerprint density at radius 2 is 2.29 bits per heavy atom. The minimum absolute atomic E-state index is 0.00837. The molecule has 5 nitrogen and oxygen atoms in total. The van der Waals surface area contributed by atoms with E-state index in [0.717, 1.165) is 0 Å². The SMILES string of the molecule is O=[N+]([O-])c1ccc(N=c2ssnc2Cl)c(Br)c1. The molecule has 0 radical (unpaired) electrons. The number of aromatic nitrogens is 1.